The predicted molar refractivity (Wildman–Crippen MR) is 188 cm³/mol. The van der Waals surface area contributed by atoms with Gasteiger partial charge in [-0.1, -0.05) is 38.7 Å². The van der Waals surface area contributed by atoms with Crippen LogP contribution in [0.1, 0.15) is 87.5 Å². The number of esters is 1. The van der Waals surface area contributed by atoms with E-state index in [9.17, 15) is 19.2 Å². The number of hydrogen-bond donors (Lipinski definition) is 2. The van der Waals surface area contributed by atoms with Gasteiger partial charge in [0.15, 0.2) is 17.3 Å². The second-order valence-corrected chi connectivity index (χ2v) is 12.4. The van der Waals surface area contributed by atoms with Crippen molar-refractivity contribution in [3.63, 3.8) is 0 Å². The first kappa shape index (κ1) is 35.9. The molecule has 4 aromatic rings. The van der Waals surface area contributed by atoms with E-state index in [1.54, 1.807) is 66.7 Å². The van der Waals surface area contributed by atoms with Gasteiger partial charge in [-0.3, -0.25) is 14.4 Å². The van der Waals surface area contributed by atoms with Crippen molar-refractivity contribution in [3.8, 4) is 17.2 Å². The van der Waals surface area contributed by atoms with Crippen LogP contribution in [-0.4, -0.2) is 43.3 Å². The number of methoxy groups -OCH3 is 1. The molecule has 0 aliphatic heterocycles. The lowest BCUT2D eigenvalue weighted by Crippen LogP contribution is -2.41. The molecule has 2 N–H and O–H groups in total. The lowest BCUT2D eigenvalue weighted by Gasteiger charge is -2.17. The maximum Gasteiger partial charge on any atom is 0.343 e. The van der Waals surface area contributed by atoms with Crippen LogP contribution in [0, 0.1) is 6.92 Å². The molecule has 1 unspecified atom stereocenters. The summed E-state index contributed by atoms with van der Waals surface area (Å²) in [6, 6.07) is 19.3. The molecule has 1 aromatic heterocycles. The molecule has 48 heavy (non-hydrogen) atoms. The molecule has 0 bridgehead atoms. The zero-order valence-electron chi connectivity index (χ0n) is 27.8. The summed E-state index contributed by atoms with van der Waals surface area (Å²) in [5.41, 5.74) is 2.85. The Labute approximate surface area is 285 Å². The SMILES string of the molecule is CCCCCCCOc1ccc(C(=O)Oc2ccc(CC(NC(=O)c3ccc(NC(=O)c4sccc4C)cc3)C(C)=O)cc2OC)cc1. The maximum absolute atomic E-state index is 13.0. The first-order valence-corrected chi connectivity index (χ1v) is 16.9. The van der Waals surface area contributed by atoms with Gasteiger partial charge in [-0.25, -0.2) is 4.79 Å². The summed E-state index contributed by atoms with van der Waals surface area (Å²) in [5, 5.41) is 7.48. The van der Waals surface area contributed by atoms with Crippen LogP contribution >= 0.6 is 11.3 Å². The number of thiophene rings is 1. The van der Waals surface area contributed by atoms with Gasteiger partial charge in [-0.15, -0.1) is 11.3 Å². The van der Waals surface area contributed by atoms with Crippen LogP contribution in [0.2, 0.25) is 0 Å². The van der Waals surface area contributed by atoms with E-state index < -0.39 is 17.9 Å². The molecule has 9 nitrogen and oxygen atoms in total. The molecule has 4 rings (SSSR count). The van der Waals surface area contributed by atoms with Crippen molar-refractivity contribution in [3.05, 3.63) is 105 Å². The second kappa shape index (κ2) is 17.8. The van der Waals surface area contributed by atoms with Gasteiger partial charge in [0.05, 0.1) is 30.2 Å². The summed E-state index contributed by atoms with van der Waals surface area (Å²) in [6.45, 7) is 6.10. The van der Waals surface area contributed by atoms with Crippen LogP contribution in [0.3, 0.4) is 0 Å². The van der Waals surface area contributed by atoms with E-state index in [1.165, 1.54) is 44.6 Å². The number of anilines is 1. The molecule has 0 saturated heterocycles. The van der Waals surface area contributed by atoms with Crippen molar-refractivity contribution in [1.29, 1.82) is 0 Å². The Bertz CT molecular complexity index is 1700. The van der Waals surface area contributed by atoms with Crippen LogP contribution in [0.4, 0.5) is 5.69 Å². The number of hydrogen-bond acceptors (Lipinski definition) is 8. The highest BCUT2D eigenvalue weighted by molar-refractivity contribution is 7.12. The Balaban J connectivity index is 1.32. The van der Waals surface area contributed by atoms with Crippen LogP contribution < -0.4 is 24.8 Å². The van der Waals surface area contributed by atoms with Crippen molar-refractivity contribution in [2.75, 3.05) is 19.0 Å². The Hall–Kier alpha value is -4.96. The molecule has 0 saturated carbocycles. The molecular weight excluding hydrogens is 628 g/mol. The zero-order chi connectivity index (χ0) is 34.5. The fourth-order valence-electron chi connectivity index (χ4n) is 4.94. The first-order valence-electron chi connectivity index (χ1n) is 16.1. The second-order valence-electron chi connectivity index (χ2n) is 11.5. The maximum atomic E-state index is 13.0. The van der Waals surface area contributed by atoms with Crippen molar-refractivity contribution < 1.29 is 33.4 Å². The average Bonchev–Trinajstić information content (AvgIpc) is 3.53. The molecule has 2 amide bonds. The van der Waals surface area contributed by atoms with Gasteiger partial charge in [0.1, 0.15) is 5.75 Å². The fraction of sp³-hybridized carbons (Fsp3) is 0.316. The van der Waals surface area contributed by atoms with Crippen molar-refractivity contribution in [2.24, 2.45) is 0 Å². The summed E-state index contributed by atoms with van der Waals surface area (Å²) >= 11 is 1.36. The molecule has 0 spiro atoms. The summed E-state index contributed by atoms with van der Waals surface area (Å²) in [5.74, 6) is -0.179. The van der Waals surface area contributed by atoms with Crippen LogP contribution in [-0.2, 0) is 11.2 Å². The Morgan fingerprint density at radius 3 is 2.17 bits per heavy atom. The van der Waals surface area contributed by atoms with Gasteiger partial charge in [0.25, 0.3) is 11.8 Å². The van der Waals surface area contributed by atoms with Gasteiger partial charge in [-0.05, 0) is 110 Å². The minimum Gasteiger partial charge on any atom is -0.494 e. The number of ketones is 1. The van der Waals surface area contributed by atoms with Crippen molar-refractivity contribution >= 4 is 40.6 Å². The number of amides is 2. The topological polar surface area (TPSA) is 120 Å². The summed E-state index contributed by atoms with van der Waals surface area (Å²) in [7, 11) is 1.46. The van der Waals surface area contributed by atoms with E-state index in [2.05, 4.69) is 17.6 Å². The minimum absolute atomic E-state index is 0.194. The normalized spacial score (nSPS) is 11.3. The average molecular weight is 671 g/mol. The number of carbonyl (C=O) groups excluding carboxylic acids is 4. The fourth-order valence-corrected chi connectivity index (χ4v) is 5.76. The molecule has 1 atom stereocenters. The highest BCUT2D eigenvalue weighted by Gasteiger charge is 2.21. The number of nitrogens with one attached hydrogen (secondary N) is 2. The highest BCUT2D eigenvalue weighted by Crippen LogP contribution is 2.30. The molecule has 3 aromatic carbocycles. The quantitative estimate of drug-likeness (QED) is 0.0668. The number of benzene rings is 3. The van der Waals surface area contributed by atoms with E-state index in [-0.39, 0.29) is 23.9 Å². The smallest absolute Gasteiger partial charge is 0.343 e. The molecule has 0 fully saturated rings. The number of rotatable bonds is 17. The number of unbranched alkanes of at least 4 members (excludes halogenated alkanes) is 4. The molecule has 0 aliphatic rings. The van der Waals surface area contributed by atoms with E-state index in [4.69, 9.17) is 14.2 Å². The molecule has 1 heterocycles. The van der Waals surface area contributed by atoms with E-state index >= 15 is 0 Å². The van der Waals surface area contributed by atoms with Gasteiger partial charge >= 0.3 is 5.97 Å². The standard InChI is InChI=1S/C38H42N2O7S/c1-5-6-7-8-9-21-46-31-17-13-29(14-18-31)38(44)47-33-19-10-27(24-34(33)45-4)23-32(26(3)41)40-36(42)28-11-15-30(16-12-28)39-37(43)35-25(2)20-22-48-35/h10-20,22,24,32H,5-9,21,23H2,1-4H3,(H,39,43)(H,40,42). The van der Waals surface area contributed by atoms with E-state index in [0.717, 1.165) is 18.4 Å². The number of carbonyl (C=O) groups is 4. The molecule has 252 valence electrons. The van der Waals surface area contributed by atoms with E-state index in [0.29, 0.717) is 45.4 Å². The first-order chi connectivity index (χ1) is 23.2. The number of ether oxygens (including phenoxy) is 3. The predicted octanol–water partition coefficient (Wildman–Crippen LogP) is 7.82. The van der Waals surface area contributed by atoms with Gasteiger partial charge in [-0.2, -0.15) is 0 Å². The largest absolute Gasteiger partial charge is 0.494 e. The Morgan fingerprint density at radius 1 is 0.812 bits per heavy atom. The molecular formula is C38H42N2O7S. The minimum atomic E-state index is -0.811. The summed E-state index contributed by atoms with van der Waals surface area (Å²) in [4.78, 5) is 51.6. The third-order valence-corrected chi connectivity index (χ3v) is 8.76. The highest BCUT2D eigenvalue weighted by atomic mass is 32.1. The van der Waals surface area contributed by atoms with Crippen molar-refractivity contribution in [2.45, 2.75) is 65.3 Å². The number of aryl methyl sites for hydroxylation is 1. The van der Waals surface area contributed by atoms with E-state index in [1.807, 2.05) is 18.4 Å². The monoisotopic (exact) mass is 670 g/mol. The third kappa shape index (κ3) is 10.3. The Morgan fingerprint density at radius 2 is 1.52 bits per heavy atom. The summed E-state index contributed by atoms with van der Waals surface area (Å²) in [6.07, 6.45) is 5.97. The lowest BCUT2D eigenvalue weighted by atomic mass is 10.0. The molecule has 0 aliphatic carbocycles. The van der Waals surface area contributed by atoms with Crippen LogP contribution in [0.5, 0.6) is 17.2 Å². The lowest BCUT2D eigenvalue weighted by molar-refractivity contribution is -0.118. The third-order valence-electron chi connectivity index (χ3n) is 7.75. The van der Waals surface area contributed by atoms with Gasteiger partial charge < -0.3 is 24.8 Å². The van der Waals surface area contributed by atoms with Crippen molar-refractivity contribution in [1.82, 2.24) is 5.32 Å². The number of Topliss-reactive ketones (excluding diaryl/α,β-unsaturated/α-hetero) is 1. The van der Waals surface area contributed by atoms with Crippen LogP contribution in [0.15, 0.2) is 78.2 Å². The molecule has 0 radical (unpaired) electrons. The van der Waals surface area contributed by atoms with Gasteiger partial charge in [0, 0.05) is 11.3 Å². The van der Waals surface area contributed by atoms with Crippen LogP contribution in [0.25, 0.3) is 0 Å². The zero-order valence-corrected chi connectivity index (χ0v) is 28.6. The Kier molecular flexibility index (Phi) is 13.3. The van der Waals surface area contributed by atoms with Gasteiger partial charge in [0.2, 0.25) is 0 Å². The molecule has 10 heteroatoms. The summed E-state index contributed by atoms with van der Waals surface area (Å²) < 4.78 is 16.9.